The van der Waals surface area contributed by atoms with Gasteiger partial charge in [-0.2, -0.15) is 0 Å². The molecule has 0 fully saturated rings. The molecule has 0 amide bonds. The number of hydrogen-bond donors (Lipinski definition) is 6. The van der Waals surface area contributed by atoms with E-state index in [0.717, 1.165) is 35.4 Å². The van der Waals surface area contributed by atoms with Crippen molar-refractivity contribution >= 4 is 19.4 Å². The van der Waals surface area contributed by atoms with E-state index in [1.165, 1.54) is 24.3 Å². The van der Waals surface area contributed by atoms with E-state index in [0.29, 0.717) is 0 Å². The molecular weight excluding hydrogens is 606 g/mol. The van der Waals surface area contributed by atoms with Gasteiger partial charge in [-0.25, -0.2) is 4.57 Å². The van der Waals surface area contributed by atoms with Crippen LogP contribution in [0.15, 0.2) is 72.8 Å². The van der Waals surface area contributed by atoms with E-state index in [-0.39, 0.29) is 66.7 Å². The predicted molar refractivity (Wildman–Crippen MR) is 150 cm³/mol. The van der Waals surface area contributed by atoms with Gasteiger partial charge in [0.15, 0.2) is 11.6 Å². The fourth-order valence-corrected chi connectivity index (χ4v) is 4.98. The number of aryl methyl sites for hydroxylation is 2. The molecule has 0 heterocycles. The number of ketones is 2. The van der Waals surface area contributed by atoms with Crippen LogP contribution in [0.2, 0.25) is 0 Å². The molecule has 0 unspecified atom stereocenters. The van der Waals surface area contributed by atoms with Gasteiger partial charge in [0, 0.05) is 37.1 Å². The van der Waals surface area contributed by atoms with E-state index in [4.69, 9.17) is 9.05 Å². The molecule has 0 bridgehead atoms. The van der Waals surface area contributed by atoms with Crippen LogP contribution in [0.3, 0.4) is 0 Å². The number of rotatable bonds is 12. The summed E-state index contributed by atoms with van der Waals surface area (Å²) in [7, 11) is -5.31. The summed E-state index contributed by atoms with van der Waals surface area (Å²) in [6.45, 7) is 0. The van der Waals surface area contributed by atoms with Crippen LogP contribution >= 0.6 is 7.82 Å². The Kier molecular flexibility index (Phi) is 11.3. The zero-order chi connectivity index (χ0) is 31.3. The Morgan fingerprint density at radius 3 is 1.18 bits per heavy atom. The third kappa shape index (κ3) is 8.91. The topological polar surface area (TPSA) is 214 Å². The van der Waals surface area contributed by atoms with E-state index >= 15 is 0 Å². The summed E-state index contributed by atoms with van der Waals surface area (Å²) in [5.74, 6) is -5.38. The van der Waals surface area contributed by atoms with Gasteiger partial charge in [0.25, 0.3) is 0 Å². The Balaban J connectivity index is 0.00000529. The minimum absolute atomic E-state index is 0. The van der Waals surface area contributed by atoms with Crippen LogP contribution in [-0.2, 0) is 17.4 Å². The standard InChI is InChI=1S/C30H27O12P.Na/c31-19-7-1-17(2-8-19)5-11-23(33)29-25(35)13-21(14-26(29)36)41-43(39,40)42-22-15-27(37)30(28(38)16-22)24(34)12-6-18-3-9-20(32)10-4-18;/h1-4,7-10,13-16,31-32,35-38H,5-6,11-12H2,(H,39,40);/q;+1/p-1. The molecule has 0 aliphatic heterocycles. The van der Waals surface area contributed by atoms with E-state index < -0.39 is 65.0 Å². The third-order valence-corrected chi connectivity index (χ3v) is 7.16. The summed E-state index contributed by atoms with van der Waals surface area (Å²) in [6.07, 6.45) is 0.250. The van der Waals surface area contributed by atoms with Crippen molar-refractivity contribution in [3.8, 4) is 46.0 Å². The van der Waals surface area contributed by atoms with Gasteiger partial charge in [-0.1, -0.05) is 24.3 Å². The van der Waals surface area contributed by atoms with Gasteiger partial charge in [-0.05, 0) is 48.2 Å². The van der Waals surface area contributed by atoms with Crippen molar-refractivity contribution in [1.82, 2.24) is 0 Å². The molecule has 0 aliphatic carbocycles. The molecule has 0 atom stereocenters. The maximum absolute atomic E-state index is 12.6. The number of hydrogen-bond acceptors (Lipinski definition) is 12. The fraction of sp³-hybridized carbons (Fsp3) is 0.133. The maximum Gasteiger partial charge on any atom is 1.00 e. The fourth-order valence-electron chi connectivity index (χ4n) is 4.22. The van der Waals surface area contributed by atoms with Gasteiger partial charge < -0.3 is 44.6 Å². The van der Waals surface area contributed by atoms with Crippen molar-refractivity contribution < 1.29 is 88.3 Å². The van der Waals surface area contributed by atoms with Crippen LogP contribution < -0.4 is 43.5 Å². The number of phenols is 6. The summed E-state index contributed by atoms with van der Waals surface area (Å²) >= 11 is 0. The number of benzene rings is 4. The van der Waals surface area contributed by atoms with Crippen LogP contribution in [0.4, 0.5) is 0 Å². The van der Waals surface area contributed by atoms with Gasteiger partial charge in [0.2, 0.25) is 0 Å². The number of phosphoric ester groups is 1. The Bertz CT molecular complexity index is 1540. The zero-order valence-corrected chi connectivity index (χ0v) is 26.2. The van der Waals surface area contributed by atoms with Crippen LogP contribution in [0.25, 0.3) is 0 Å². The van der Waals surface area contributed by atoms with Crippen LogP contribution in [0.1, 0.15) is 44.7 Å². The van der Waals surface area contributed by atoms with E-state index in [9.17, 15) is 49.7 Å². The second-order valence-electron chi connectivity index (χ2n) is 9.48. The molecule has 0 aromatic heterocycles. The summed E-state index contributed by atoms with van der Waals surface area (Å²) in [6, 6.07) is 15.3. The molecule has 0 radical (unpaired) electrons. The zero-order valence-electron chi connectivity index (χ0n) is 23.3. The first-order chi connectivity index (χ1) is 20.3. The quantitative estimate of drug-likeness (QED) is 0.0745. The molecule has 44 heavy (non-hydrogen) atoms. The Morgan fingerprint density at radius 2 is 0.886 bits per heavy atom. The van der Waals surface area contributed by atoms with E-state index in [2.05, 4.69) is 0 Å². The minimum atomic E-state index is -5.31. The maximum atomic E-state index is 12.6. The van der Waals surface area contributed by atoms with Crippen LogP contribution in [0, 0.1) is 0 Å². The van der Waals surface area contributed by atoms with Crippen LogP contribution in [0.5, 0.6) is 46.0 Å². The molecule has 14 heteroatoms. The largest absolute Gasteiger partial charge is 1.00 e. The van der Waals surface area contributed by atoms with Gasteiger partial charge >= 0.3 is 37.4 Å². The van der Waals surface area contributed by atoms with E-state index in [1.54, 1.807) is 24.3 Å². The number of aromatic hydroxyl groups is 6. The normalized spacial score (nSPS) is 10.9. The molecule has 4 aromatic carbocycles. The average Bonchev–Trinajstić information content (AvgIpc) is 2.91. The van der Waals surface area contributed by atoms with Gasteiger partial charge in [-0.3, -0.25) is 9.59 Å². The first-order valence-electron chi connectivity index (χ1n) is 12.8. The predicted octanol–water partition coefficient (Wildman–Crippen LogP) is 1.48. The van der Waals surface area contributed by atoms with Gasteiger partial charge in [-0.15, -0.1) is 0 Å². The Morgan fingerprint density at radius 1 is 0.591 bits per heavy atom. The summed E-state index contributed by atoms with van der Waals surface area (Å²) in [4.78, 5) is 37.7. The van der Waals surface area contributed by atoms with Crippen molar-refractivity contribution in [2.45, 2.75) is 25.7 Å². The van der Waals surface area contributed by atoms with Gasteiger partial charge in [0.1, 0.15) is 57.1 Å². The third-order valence-electron chi connectivity index (χ3n) is 6.29. The van der Waals surface area contributed by atoms with Crippen molar-refractivity contribution in [2.24, 2.45) is 0 Å². The SMILES string of the molecule is O=C(CCc1ccc(O)cc1)c1c(O)cc(OP(=O)([O-])Oc2cc(O)c(C(=O)CCc3ccc(O)cc3)c(O)c2)cc1O.[Na+]. The first kappa shape index (κ1) is 34.3. The molecule has 0 saturated heterocycles. The van der Waals surface area contributed by atoms with E-state index in [1.807, 2.05) is 0 Å². The second-order valence-corrected chi connectivity index (χ2v) is 10.7. The molecule has 224 valence electrons. The second kappa shape index (κ2) is 14.5. The molecule has 4 rings (SSSR count). The van der Waals surface area contributed by atoms with Crippen LogP contribution in [-0.4, -0.2) is 42.2 Å². The number of carbonyl (C=O) groups is 2. The molecule has 0 saturated carbocycles. The average molecular weight is 632 g/mol. The number of carbonyl (C=O) groups excluding carboxylic acids is 2. The molecular formula is C30H26NaO12P. The summed E-state index contributed by atoms with van der Waals surface area (Å²) in [5, 5.41) is 59.9. The van der Waals surface area contributed by atoms with Gasteiger partial charge in [0.05, 0.1) is 0 Å². The Hall–Kier alpha value is -4.19. The summed E-state index contributed by atoms with van der Waals surface area (Å²) in [5.41, 5.74) is 0.540. The van der Waals surface area contributed by atoms with Crippen molar-refractivity contribution in [3.05, 3.63) is 95.1 Å². The minimum Gasteiger partial charge on any atom is -0.736 e. The molecule has 6 N–H and O–H groups in total. The molecule has 0 aliphatic rings. The monoisotopic (exact) mass is 632 g/mol. The number of phenolic OH excluding ortho intramolecular Hbond substituents is 6. The summed E-state index contributed by atoms with van der Waals surface area (Å²) < 4.78 is 22.0. The van der Waals surface area contributed by atoms with Crippen molar-refractivity contribution in [3.63, 3.8) is 0 Å². The number of phosphoric acid groups is 1. The first-order valence-corrected chi connectivity index (χ1v) is 14.2. The molecule has 0 spiro atoms. The Labute approximate surface area is 273 Å². The van der Waals surface area contributed by atoms with Crippen molar-refractivity contribution in [2.75, 3.05) is 0 Å². The molecule has 4 aromatic rings. The molecule has 12 nitrogen and oxygen atoms in total. The number of Topliss-reactive ketones (excluding diaryl/α,β-unsaturated/α-hetero) is 2. The van der Waals surface area contributed by atoms with Crippen molar-refractivity contribution in [1.29, 1.82) is 0 Å². The smallest absolute Gasteiger partial charge is 0.736 e.